The number of nitrogens with zero attached hydrogens (tertiary/aromatic N) is 4. The Hall–Kier alpha value is -7.69. The molecule has 0 spiro atoms. The molecule has 2 heterocycles. The molecule has 0 fully saturated rings. The Balaban J connectivity index is 1.07. The molecule has 11 rings (SSSR count). The van der Waals surface area contributed by atoms with Gasteiger partial charge in [0.1, 0.15) is 0 Å². The van der Waals surface area contributed by atoms with Gasteiger partial charge in [-0.25, -0.2) is 15.0 Å². The molecule has 4 nitrogen and oxygen atoms in total. The summed E-state index contributed by atoms with van der Waals surface area (Å²) in [6.45, 7) is 0. The fourth-order valence-electron chi connectivity index (χ4n) is 8.34. The predicted molar refractivity (Wildman–Crippen MR) is 236 cm³/mol. The highest BCUT2D eigenvalue weighted by atomic mass is 15.0. The zero-order valence-electron chi connectivity index (χ0n) is 30.9. The lowest BCUT2D eigenvalue weighted by molar-refractivity contribution is 1.07. The van der Waals surface area contributed by atoms with E-state index in [9.17, 15) is 0 Å². The van der Waals surface area contributed by atoms with Gasteiger partial charge in [-0.2, -0.15) is 0 Å². The van der Waals surface area contributed by atoms with Gasteiger partial charge in [0.2, 0.25) is 0 Å². The van der Waals surface area contributed by atoms with E-state index in [-0.39, 0.29) is 0 Å². The molecule has 0 unspecified atom stereocenters. The van der Waals surface area contributed by atoms with Crippen LogP contribution in [0.4, 0.5) is 0 Å². The van der Waals surface area contributed by atoms with Gasteiger partial charge in [0.05, 0.1) is 16.7 Å². The fourth-order valence-corrected chi connectivity index (χ4v) is 8.34. The van der Waals surface area contributed by atoms with E-state index >= 15 is 0 Å². The normalized spacial score (nSPS) is 11.5. The molecule has 0 radical (unpaired) electrons. The van der Waals surface area contributed by atoms with Gasteiger partial charge in [0.25, 0.3) is 0 Å². The summed E-state index contributed by atoms with van der Waals surface area (Å²) >= 11 is 0. The molecule has 0 amide bonds. The molecule has 4 heteroatoms. The average molecular weight is 727 g/mol. The second-order valence-electron chi connectivity index (χ2n) is 14.4. The minimum atomic E-state index is 0.620. The van der Waals surface area contributed by atoms with Crippen LogP contribution in [-0.2, 0) is 0 Å². The van der Waals surface area contributed by atoms with Gasteiger partial charge in [-0.3, -0.25) is 0 Å². The number of aromatic nitrogens is 4. The summed E-state index contributed by atoms with van der Waals surface area (Å²) < 4.78 is 2.38. The third-order valence-electron chi connectivity index (χ3n) is 11.1. The van der Waals surface area contributed by atoms with E-state index in [0.29, 0.717) is 17.5 Å². The largest absolute Gasteiger partial charge is 0.309 e. The van der Waals surface area contributed by atoms with E-state index in [1.165, 1.54) is 37.9 Å². The summed E-state index contributed by atoms with van der Waals surface area (Å²) in [6.07, 6.45) is 0. The van der Waals surface area contributed by atoms with Crippen molar-refractivity contribution in [2.24, 2.45) is 0 Å². The number of hydrogen-bond acceptors (Lipinski definition) is 3. The van der Waals surface area contributed by atoms with Gasteiger partial charge >= 0.3 is 0 Å². The highest BCUT2D eigenvalue weighted by Gasteiger charge is 2.19. The Bertz CT molecular complexity index is 3220. The lowest BCUT2D eigenvalue weighted by atomic mass is 9.93. The Kier molecular flexibility index (Phi) is 7.78. The topological polar surface area (TPSA) is 43.6 Å². The van der Waals surface area contributed by atoms with Crippen LogP contribution in [0, 0.1) is 0 Å². The van der Waals surface area contributed by atoms with Crippen molar-refractivity contribution in [3.05, 3.63) is 206 Å². The molecule has 11 aromatic rings. The van der Waals surface area contributed by atoms with Crippen LogP contribution in [0.5, 0.6) is 0 Å². The third-order valence-corrected chi connectivity index (χ3v) is 11.1. The van der Waals surface area contributed by atoms with E-state index < -0.39 is 0 Å². The molecule has 0 aliphatic heterocycles. The second kappa shape index (κ2) is 13.6. The van der Waals surface area contributed by atoms with Gasteiger partial charge in [-0.1, -0.05) is 170 Å². The molecule has 0 bridgehead atoms. The minimum absolute atomic E-state index is 0.620. The van der Waals surface area contributed by atoms with Crippen molar-refractivity contribution in [1.29, 1.82) is 0 Å². The summed E-state index contributed by atoms with van der Waals surface area (Å²) in [5.74, 6) is 1.88. The smallest absolute Gasteiger partial charge is 0.164 e. The quantitative estimate of drug-likeness (QED) is 0.160. The summed E-state index contributed by atoms with van der Waals surface area (Å²) in [7, 11) is 0. The number of benzene rings is 9. The molecular weight excluding hydrogens is 693 g/mol. The summed E-state index contributed by atoms with van der Waals surface area (Å²) in [5.41, 5.74) is 10.8. The molecule has 0 aliphatic carbocycles. The van der Waals surface area contributed by atoms with E-state index in [4.69, 9.17) is 15.0 Å². The maximum atomic E-state index is 5.19. The van der Waals surface area contributed by atoms with Crippen LogP contribution < -0.4 is 0 Å². The van der Waals surface area contributed by atoms with E-state index in [0.717, 1.165) is 50.1 Å². The molecule has 57 heavy (non-hydrogen) atoms. The standard InChI is InChI=1S/C53H34N4/c1-3-15-35(16-4-1)47-34-40(31-32-50(47)57-48-25-13-11-23-44(48)45-24-12-14-26-49(45)57)53-55-51(37-17-5-2-6-18-37)54-52(56-53)38-29-27-36(28-30-38)46-33-39-19-7-8-20-41(39)42-21-9-10-22-43(42)46/h1-34H. The van der Waals surface area contributed by atoms with E-state index in [1.807, 2.05) is 18.2 Å². The first kappa shape index (κ1) is 32.7. The van der Waals surface area contributed by atoms with Crippen LogP contribution in [0.2, 0.25) is 0 Å². The highest BCUT2D eigenvalue weighted by Crippen LogP contribution is 2.39. The van der Waals surface area contributed by atoms with Crippen molar-refractivity contribution in [3.63, 3.8) is 0 Å². The van der Waals surface area contributed by atoms with Crippen molar-refractivity contribution in [2.45, 2.75) is 0 Å². The van der Waals surface area contributed by atoms with Crippen LogP contribution >= 0.6 is 0 Å². The summed E-state index contributed by atoms with van der Waals surface area (Å²) in [6, 6.07) is 72.8. The molecular formula is C53H34N4. The second-order valence-corrected chi connectivity index (χ2v) is 14.4. The van der Waals surface area contributed by atoms with Crippen LogP contribution in [-0.4, -0.2) is 19.5 Å². The molecule has 266 valence electrons. The Morgan fingerprint density at radius 3 is 1.37 bits per heavy atom. The third kappa shape index (κ3) is 5.66. The first-order valence-electron chi connectivity index (χ1n) is 19.3. The number of fused-ring (bicyclic) bond motifs is 6. The van der Waals surface area contributed by atoms with Crippen LogP contribution in [0.1, 0.15) is 0 Å². The van der Waals surface area contributed by atoms with Gasteiger partial charge in [-0.05, 0) is 74.6 Å². The summed E-state index contributed by atoms with van der Waals surface area (Å²) in [4.78, 5) is 15.4. The van der Waals surface area contributed by atoms with E-state index in [2.05, 4.69) is 193 Å². The predicted octanol–water partition coefficient (Wildman–Crippen LogP) is 13.6. The lowest BCUT2D eigenvalue weighted by Gasteiger charge is -2.16. The maximum Gasteiger partial charge on any atom is 0.164 e. The molecule has 9 aromatic carbocycles. The SMILES string of the molecule is c1ccc(-c2nc(-c3ccc(-c4cc5ccccc5c5ccccc45)cc3)nc(-c3ccc(-n4c5ccccc5c5ccccc54)c(-c4ccccc4)c3)n2)cc1. The van der Waals surface area contributed by atoms with Gasteiger partial charge in [0.15, 0.2) is 17.5 Å². The fraction of sp³-hybridized carbons (Fsp3) is 0. The van der Waals surface area contributed by atoms with Gasteiger partial charge in [-0.15, -0.1) is 0 Å². The van der Waals surface area contributed by atoms with Crippen molar-refractivity contribution in [3.8, 4) is 62.1 Å². The number of para-hydroxylation sites is 2. The zero-order valence-corrected chi connectivity index (χ0v) is 30.9. The van der Waals surface area contributed by atoms with Crippen LogP contribution in [0.15, 0.2) is 206 Å². The Morgan fingerprint density at radius 1 is 0.281 bits per heavy atom. The van der Waals surface area contributed by atoms with Crippen LogP contribution in [0.25, 0.3) is 105 Å². The van der Waals surface area contributed by atoms with Gasteiger partial charge in [0, 0.05) is 33.0 Å². The molecule has 0 saturated heterocycles. The zero-order chi connectivity index (χ0) is 37.7. The monoisotopic (exact) mass is 726 g/mol. The van der Waals surface area contributed by atoms with Crippen molar-refractivity contribution in [1.82, 2.24) is 19.5 Å². The molecule has 0 N–H and O–H groups in total. The first-order valence-corrected chi connectivity index (χ1v) is 19.3. The van der Waals surface area contributed by atoms with Gasteiger partial charge < -0.3 is 4.57 Å². The highest BCUT2D eigenvalue weighted by molar-refractivity contribution is 6.14. The average Bonchev–Trinajstić information content (AvgIpc) is 3.63. The van der Waals surface area contributed by atoms with Crippen molar-refractivity contribution >= 4 is 43.4 Å². The van der Waals surface area contributed by atoms with Crippen LogP contribution in [0.3, 0.4) is 0 Å². The number of rotatable bonds is 6. The minimum Gasteiger partial charge on any atom is -0.309 e. The molecule has 0 saturated carbocycles. The van der Waals surface area contributed by atoms with Crippen molar-refractivity contribution < 1.29 is 0 Å². The Morgan fingerprint density at radius 2 is 0.719 bits per heavy atom. The molecule has 0 aliphatic rings. The molecule has 0 atom stereocenters. The summed E-state index contributed by atoms with van der Waals surface area (Å²) in [5, 5.41) is 7.43. The first-order chi connectivity index (χ1) is 28.3. The molecule has 2 aromatic heterocycles. The van der Waals surface area contributed by atoms with E-state index in [1.54, 1.807) is 0 Å². The Labute approximate surface area is 330 Å². The lowest BCUT2D eigenvalue weighted by Crippen LogP contribution is -2.02. The maximum absolute atomic E-state index is 5.19. The van der Waals surface area contributed by atoms with Crippen molar-refractivity contribution in [2.75, 3.05) is 0 Å². The number of hydrogen-bond donors (Lipinski definition) is 0.